The Kier molecular flexibility index (Phi) is 5.45. The van der Waals surface area contributed by atoms with Gasteiger partial charge in [-0.05, 0) is 13.0 Å². The first-order chi connectivity index (χ1) is 10.5. The summed E-state index contributed by atoms with van der Waals surface area (Å²) < 4.78 is 16.4. The maximum atomic E-state index is 11.8. The second-order valence-electron chi connectivity index (χ2n) is 4.56. The molecule has 1 aromatic rings. The summed E-state index contributed by atoms with van der Waals surface area (Å²) in [5.41, 5.74) is -0.610. The molecule has 0 aliphatic carbocycles. The highest BCUT2D eigenvalue weighted by atomic mass is 32.1. The second kappa shape index (κ2) is 7.32. The molecule has 0 aromatic carbocycles. The number of H-pyrrole nitrogens is 1. The van der Waals surface area contributed by atoms with Crippen LogP contribution in [-0.4, -0.2) is 40.8 Å². The maximum absolute atomic E-state index is 11.8. The SMILES string of the molecule is Cc1cn([C@H]2C=C[C@@H](COC(=O)OCCS)O2)c(=O)[nH]c1=O. The van der Waals surface area contributed by atoms with Gasteiger partial charge in [0, 0.05) is 17.5 Å². The molecule has 9 heteroatoms. The molecule has 0 spiro atoms. The second-order valence-corrected chi connectivity index (χ2v) is 5.01. The topological polar surface area (TPSA) is 99.6 Å². The van der Waals surface area contributed by atoms with Gasteiger partial charge in [0.2, 0.25) is 0 Å². The lowest BCUT2D eigenvalue weighted by molar-refractivity contribution is -0.0279. The molecule has 22 heavy (non-hydrogen) atoms. The first kappa shape index (κ1) is 16.4. The Bertz CT molecular complexity index is 680. The van der Waals surface area contributed by atoms with Crippen LogP contribution in [0, 0.1) is 6.92 Å². The van der Waals surface area contributed by atoms with Crippen molar-refractivity contribution in [2.75, 3.05) is 19.0 Å². The zero-order valence-electron chi connectivity index (χ0n) is 11.9. The standard InChI is InChI=1S/C13H16N2O6S/c1-8-6-15(12(17)14-11(8)16)10-3-2-9(21-10)7-20-13(18)19-4-5-22/h2-3,6,9-10,22H,4-5,7H2,1H3,(H,14,16,17)/t9-,10+/m0/s1. The number of hydrogen-bond donors (Lipinski definition) is 2. The first-order valence-corrected chi connectivity index (χ1v) is 7.20. The average Bonchev–Trinajstić information content (AvgIpc) is 2.95. The third kappa shape index (κ3) is 4.01. The zero-order valence-corrected chi connectivity index (χ0v) is 12.7. The fourth-order valence-corrected chi connectivity index (χ4v) is 1.93. The predicted molar refractivity (Wildman–Crippen MR) is 80.3 cm³/mol. The summed E-state index contributed by atoms with van der Waals surface area (Å²) in [5.74, 6) is 0.408. The number of aromatic amines is 1. The summed E-state index contributed by atoms with van der Waals surface area (Å²) in [6, 6.07) is 0. The Balaban J connectivity index is 1.93. The van der Waals surface area contributed by atoms with E-state index in [1.54, 1.807) is 19.1 Å². The Labute approximate surface area is 131 Å². The van der Waals surface area contributed by atoms with Gasteiger partial charge in [-0.25, -0.2) is 9.59 Å². The third-order valence-corrected chi connectivity index (χ3v) is 3.08. The van der Waals surface area contributed by atoms with E-state index in [0.29, 0.717) is 11.3 Å². The van der Waals surface area contributed by atoms with Crippen molar-refractivity contribution in [3.8, 4) is 0 Å². The Morgan fingerprint density at radius 3 is 2.91 bits per heavy atom. The number of ether oxygens (including phenoxy) is 3. The van der Waals surface area contributed by atoms with E-state index in [1.807, 2.05) is 0 Å². The predicted octanol–water partition coefficient (Wildman–Crippen LogP) is 0.382. The van der Waals surface area contributed by atoms with Crippen LogP contribution in [0.5, 0.6) is 0 Å². The number of aryl methyl sites for hydroxylation is 1. The Hall–Kier alpha value is -2.00. The van der Waals surface area contributed by atoms with E-state index in [2.05, 4.69) is 17.6 Å². The Morgan fingerprint density at radius 1 is 1.41 bits per heavy atom. The average molecular weight is 328 g/mol. The van der Waals surface area contributed by atoms with Crippen molar-refractivity contribution in [1.29, 1.82) is 0 Å². The van der Waals surface area contributed by atoms with Gasteiger partial charge in [-0.2, -0.15) is 12.6 Å². The van der Waals surface area contributed by atoms with Gasteiger partial charge in [0.05, 0.1) is 0 Å². The van der Waals surface area contributed by atoms with Crippen molar-refractivity contribution in [3.05, 3.63) is 44.8 Å². The molecular formula is C13H16N2O6S. The minimum absolute atomic E-state index is 0.0323. The van der Waals surface area contributed by atoms with Gasteiger partial charge in [-0.1, -0.05) is 6.08 Å². The van der Waals surface area contributed by atoms with Crippen LogP contribution in [0.15, 0.2) is 27.9 Å². The van der Waals surface area contributed by atoms with Crippen molar-refractivity contribution in [3.63, 3.8) is 0 Å². The fourth-order valence-electron chi connectivity index (χ4n) is 1.84. The monoisotopic (exact) mass is 328 g/mol. The van der Waals surface area contributed by atoms with Crippen LogP contribution >= 0.6 is 12.6 Å². The highest BCUT2D eigenvalue weighted by Crippen LogP contribution is 2.19. The lowest BCUT2D eigenvalue weighted by Gasteiger charge is -2.16. The molecule has 0 amide bonds. The van der Waals surface area contributed by atoms with Gasteiger partial charge < -0.3 is 14.2 Å². The van der Waals surface area contributed by atoms with Crippen LogP contribution in [0.2, 0.25) is 0 Å². The van der Waals surface area contributed by atoms with Crippen molar-refractivity contribution < 1.29 is 19.0 Å². The van der Waals surface area contributed by atoms with Crippen molar-refractivity contribution >= 4 is 18.8 Å². The number of hydrogen-bond acceptors (Lipinski definition) is 7. The molecule has 1 aliphatic heterocycles. The molecule has 120 valence electrons. The lowest BCUT2D eigenvalue weighted by Crippen LogP contribution is -2.33. The highest BCUT2D eigenvalue weighted by molar-refractivity contribution is 7.80. The number of aromatic nitrogens is 2. The minimum atomic E-state index is -0.799. The number of carbonyl (C=O) groups is 1. The molecule has 1 N–H and O–H groups in total. The molecule has 0 fully saturated rings. The van der Waals surface area contributed by atoms with Crippen LogP contribution < -0.4 is 11.2 Å². The molecule has 0 bridgehead atoms. The van der Waals surface area contributed by atoms with Crippen LogP contribution in [-0.2, 0) is 14.2 Å². The van der Waals surface area contributed by atoms with Crippen LogP contribution in [0.25, 0.3) is 0 Å². The van der Waals surface area contributed by atoms with Crippen molar-refractivity contribution in [2.24, 2.45) is 0 Å². The molecule has 0 saturated heterocycles. The molecule has 2 atom stereocenters. The van der Waals surface area contributed by atoms with Crippen molar-refractivity contribution in [2.45, 2.75) is 19.3 Å². The summed E-state index contributed by atoms with van der Waals surface area (Å²) in [7, 11) is 0. The smallest absolute Gasteiger partial charge is 0.433 e. The number of nitrogens with zero attached hydrogens (tertiary/aromatic N) is 1. The van der Waals surface area contributed by atoms with Gasteiger partial charge in [-0.15, -0.1) is 0 Å². The lowest BCUT2D eigenvalue weighted by atomic mass is 10.3. The summed E-state index contributed by atoms with van der Waals surface area (Å²) in [6.07, 6.45) is 2.78. The molecule has 1 aromatic heterocycles. The number of nitrogens with one attached hydrogen (secondary N) is 1. The van der Waals surface area contributed by atoms with Crippen LogP contribution in [0.3, 0.4) is 0 Å². The van der Waals surface area contributed by atoms with E-state index in [-0.39, 0.29) is 13.2 Å². The van der Waals surface area contributed by atoms with E-state index >= 15 is 0 Å². The first-order valence-electron chi connectivity index (χ1n) is 6.57. The molecule has 0 saturated carbocycles. The molecule has 8 nitrogen and oxygen atoms in total. The summed E-state index contributed by atoms with van der Waals surface area (Å²) >= 11 is 3.90. The van der Waals surface area contributed by atoms with E-state index in [4.69, 9.17) is 14.2 Å². The number of rotatable bonds is 5. The van der Waals surface area contributed by atoms with E-state index < -0.39 is 29.7 Å². The summed E-state index contributed by atoms with van der Waals surface area (Å²) in [5, 5.41) is 0. The maximum Gasteiger partial charge on any atom is 0.508 e. The molecule has 1 aliphatic rings. The normalized spacial score (nSPS) is 20.1. The third-order valence-electron chi connectivity index (χ3n) is 2.90. The minimum Gasteiger partial charge on any atom is -0.433 e. The Morgan fingerprint density at radius 2 is 2.18 bits per heavy atom. The molecule has 0 unspecified atom stereocenters. The summed E-state index contributed by atoms with van der Waals surface area (Å²) in [4.78, 5) is 36.5. The van der Waals surface area contributed by atoms with E-state index in [0.717, 1.165) is 0 Å². The van der Waals surface area contributed by atoms with Crippen LogP contribution in [0.4, 0.5) is 4.79 Å². The van der Waals surface area contributed by atoms with Gasteiger partial charge in [-0.3, -0.25) is 14.3 Å². The molecule has 0 radical (unpaired) electrons. The summed E-state index contributed by atoms with van der Waals surface area (Å²) in [6.45, 7) is 1.72. The fraction of sp³-hybridized carbons (Fsp3) is 0.462. The van der Waals surface area contributed by atoms with Gasteiger partial charge in [0.15, 0.2) is 6.23 Å². The number of carbonyl (C=O) groups excluding carboxylic acids is 1. The van der Waals surface area contributed by atoms with Gasteiger partial charge >= 0.3 is 11.8 Å². The van der Waals surface area contributed by atoms with Crippen LogP contribution in [0.1, 0.15) is 11.8 Å². The van der Waals surface area contributed by atoms with E-state index in [9.17, 15) is 14.4 Å². The molecule has 2 rings (SSSR count). The molecular weight excluding hydrogens is 312 g/mol. The van der Waals surface area contributed by atoms with Gasteiger partial charge in [0.25, 0.3) is 5.56 Å². The molecule has 2 heterocycles. The van der Waals surface area contributed by atoms with Gasteiger partial charge in [0.1, 0.15) is 19.3 Å². The van der Waals surface area contributed by atoms with Crippen molar-refractivity contribution in [1.82, 2.24) is 9.55 Å². The quantitative estimate of drug-likeness (QED) is 0.460. The number of thiol groups is 1. The highest BCUT2D eigenvalue weighted by Gasteiger charge is 2.23. The largest absolute Gasteiger partial charge is 0.508 e. The van der Waals surface area contributed by atoms with E-state index in [1.165, 1.54) is 10.8 Å². The zero-order chi connectivity index (χ0) is 16.1.